The topological polar surface area (TPSA) is 76.0 Å². The van der Waals surface area contributed by atoms with Gasteiger partial charge < -0.3 is 9.84 Å². The highest BCUT2D eigenvalue weighted by Gasteiger charge is 2.38. The Labute approximate surface area is 85.1 Å². The van der Waals surface area contributed by atoms with Crippen LogP contribution in [0, 0.1) is 0 Å². The summed E-state index contributed by atoms with van der Waals surface area (Å²) in [4.78, 5) is 14.7. The van der Waals surface area contributed by atoms with Gasteiger partial charge in [-0.15, -0.1) is 0 Å². The zero-order chi connectivity index (χ0) is 10.8. The minimum Gasteiger partial charge on any atom is -0.478 e. The van der Waals surface area contributed by atoms with Crippen molar-refractivity contribution < 1.29 is 24.8 Å². The van der Waals surface area contributed by atoms with Crippen molar-refractivity contribution in [3.05, 3.63) is 22.8 Å². The maximum atomic E-state index is 10.6. The summed E-state index contributed by atoms with van der Waals surface area (Å²) in [6, 6.07) is 0. The van der Waals surface area contributed by atoms with Crippen LogP contribution in [0.15, 0.2) is 22.8 Å². The van der Waals surface area contributed by atoms with E-state index >= 15 is 0 Å². The Morgan fingerprint density at radius 1 is 1.71 bits per heavy atom. The van der Waals surface area contributed by atoms with Crippen LogP contribution in [0.1, 0.15) is 6.42 Å². The molecule has 0 aromatic carbocycles. The van der Waals surface area contributed by atoms with E-state index in [1.165, 1.54) is 19.3 Å². The summed E-state index contributed by atoms with van der Waals surface area (Å²) in [6.07, 6.45) is 2.57. The molecule has 1 atom stereocenters. The molecule has 0 spiro atoms. The number of halogens is 1. The molecular weight excluding hydrogens is 212 g/mol. The van der Waals surface area contributed by atoms with E-state index in [9.17, 15) is 4.79 Å². The summed E-state index contributed by atoms with van der Waals surface area (Å²) in [5.74, 6) is -2.56. The fraction of sp³-hybridized carbons (Fsp3) is 0.375. The molecule has 0 heterocycles. The molecule has 0 bridgehead atoms. The lowest BCUT2D eigenvalue weighted by Gasteiger charge is -2.29. The Morgan fingerprint density at radius 3 is 2.71 bits per heavy atom. The smallest absolute Gasteiger partial charge is 0.335 e. The van der Waals surface area contributed by atoms with E-state index in [1.54, 1.807) is 0 Å². The highest BCUT2D eigenvalue weighted by molar-refractivity contribution is 6.31. The number of hydrogen-bond acceptors (Lipinski definition) is 4. The Bertz CT molecular complexity index is 303. The van der Waals surface area contributed by atoms with Crippen LogP contribution in [0.5, 0.6) is 0 Å². The third-order valence-electron chi connectivity index (χ3n) is 1.96. The molecule has 0 aromatic heterocycles. The fourth-order valence-corrected chi connectivity index (χ4v) is 1.40. The molecule has 78 valence electrons. The van der Waals surface area contributed by atoms with Crippen molar-refractivity contribution >= 4 is 17.6 Å². The lowest BCUT2D eigenvalue weighted by atomic mass is 10.0. The van der Waals surface area contributed by atoms with Gasteiger partial charge in [-0.1, -0.05) is 17.7 Å². The molecule has 0 aliphatic heterocycles. The second-order valence-corrected chi connectivity index (χ2v) is 3.12. The average molecular weight is 221 g/mol. The van der Waals surface area contributed by atoms with Gasteiger partial charge in [-0.05, 0) is 6.08 Å². The van der Waals surface area contributed by atoms with Crippen molar-refractivity contribution in [1.82, 2.24) is 0 Å². The van der Waals surface area contributed by atoms with E-state index < -0.39 is 11.8 Å². The molecule has 1 unspecified atom stereocenters. The standard InChI is InChI=1S/C8H9ClO5/c1-13-8(14-12)3-2-5(7(10)11)4-6(8)9/h2,4,12H,3H2,1H3,(H,10,11). The van der Waals surface area contributed by atoms with Gasteiger partial charge in [0.05, 0.1) is 10.6 Å². The third kappa shape index (κ3) is 1.80. The lowest BCUT2D eigenvalue weighted by Crippen LogP contribution is -2.35. The van der Waals surface area contributed by atoms with Crippen molar-refractivity contribution in [3.63, 3.8) is 0 Å². The van der Waals surface area contributed by atoms with Crippen LogP contribution in [0.4, 0.5) is 0 Å². The maximum absolute atomic E-state index is 10.6. The van der Waals surface area contributed by atoms with Crippen molar-refractivity contribution in [3.8, 4) is 0 Å². The van der Waals surface area contributed by atoms with Gasteiger partial charge in [0.15, 0.2) is 0 Å². The second-order valence-electron chi connectivity index (χ2n) is 2.71. The molecule has 0 saturated heterocycles. The fourth-order valence-electron chi connectivity index (χ4n) is 1.10. The quantitative estimate of drug-likeness (QED) is 0.427. The first kappa shape index (κ1) is 11.2. The van der Waals surface area contributed by atoms with Gasteiger partial charge in [0.2, 0.25) is 5.79 Å². The lowest BCUT2D eigenvalue weighted by molar-refractivity contribution is -0.379. The molecule has 0 saturated carbocycles. The largest absolute Gasteiger partial charge is 0.478 e. The summed E-state index contributed by atoms with van der Waals surface area (Å²) in [5, 5.41) is 17.3. The number of carbonyl (C=O) groups is 1. The molecule has 0 aromatic rings. The van der Waals surface area contributed by atoms with Crippen LogP contribution in [0.2, 0.25) is 0 Å². The van der Waals surface area contributed by atoms with Gasteiger partial charge >= 0.3 is 5.97 Å². The van der Waals surface area contributed by atoms with Crippen LogP contribution in [-0.2, 0) is 14.4 Å². The van der Waals surface area contributed by atoms with Gasteiger partial charge in [-0.2, -0.15) is 4.89 Å². The molecule has 2 N–H and O–H groups in total. The molecular formula is C8H9ClO5. The third-order valence-corrected chi connectivity index (χ3v) is 2.36. The normalized spacial score (nSPS) is 26.8. The van der Waals surface area contributed by atoms with E-state index in [1.807, 2.05) is 0 Å². The first-order chi connectivity index (χ1) is 6.55. The number of rotatable bonds is 3. The highest BCUT2D eigenvalue weighted by Crippen LogP contribution is 2.34. The summed E-state index contributed by atoms with van der Waals surface area (Å²) in [5.41, 5.74) is 0.0414. The molecule has 6 heteroatoms. The predicted octanol–water partition coefficient (Wildman–Crippen LogP) is 1.36. The summed E-state index contributed by atoms with van der Waals surface area (Å²) < 4.78 is 4.86. The zero-order valence-corrected chi connectivity index (χ0v) is 8.11. The first-order valence-electron chi connectivity index (χ1n) is 3.74. The summed E-state index contributed by atoms with van der Waals surface area (Å²) in [7, 11) is 1.30. The zero-order valence-electron chi connectivity index (χ0n) is 7.36. The molecule has 0 fully saturated rings. The summed E-state index contributed by atoms with van der Waals surface area (Å²) in [6.45, 7) is 0. The second kappa shape index (κ2) is 4.10. The molecule has 0 amide bonds. The van der Waals surface area contributed by atoms with Crippen LogP contribution in [0.25, 0.3) is 0 Å². The number of ether oxygens (including phenoxy) is 1. The van der Waals surface area contributed by atoms with Crippen LogP contribution >= 0.6 is 11.6 Å². The first-order valence-corrected chi connectivity index (χ1v) is 4.12. The molecule has 0 radical (unpaired) electrons. The Balaban J connectivity index is 2.96. The number of hydrogen-bond donors (Lipinski definition) is 2. The maximum Gasteiger partial charge on any atom is 0.335 e. The average Bonchev–Trinajstić information content (AvgIpc) is 2.18. The Hall–Kier alpha value is -0.880. The van der Waals surface area contributed by atoms with Gasteiger partial charge in [0.25, 0.3) is 0 Å². The van der Waals surface area contributed by atoms with E-state index in [-0.39, 0.29) is 17.0 Å². The molecule has 14 heavy (non-hydrogen) atoms. The van der Waals surface area contributed by atoms with Gasteiger partial charge in [0.1, 0.15) is 0 Å². The number of aliphatic carboxylic acids is 1. The van der Waals surface area contributed by atoms with Gasteiger partial charge in [-0.3, -0.25) is 0 Å². The van der Waals surface area contributed by atoms with Crippen molar-refractivity contribution in [2.45, 2.75) is 12.2 Å². The SMILES string of the molecule is COC1(OO)CC=C(C(=O)O)C=C1Cl. The van der Waals surface area contributed by atoms with Crippen molar-refractivity contribution in [2.24, 2.45) is 0 Å². The minimum absolute atomic E-state index is 0.0117. The predicted molar refractivity (Wildman–Crippen MR) is 47.7 cm³/mol. The Kier molecular flexibility index (Phi) is 3.28. The highest BCUT2D eigenvalue weighted by atomic mass is 35.5. The van der Waals surface area contributed by atoms with Gasteiger partial charge in [0, 0.05) is 13.5 Å². The van der Waals surface area contributed by atoms with E-state index in [0.29, 0.717) is 0 Å². The number of carboxylic acids is 1. The van der Waals surface area contributed by atoms with Crippen molar-refractivity contribution in [1.29, 1.82) is 0 Å². The van der Waals surface area contributed by atoms with E-state index in [2.05, 4.69) is 4.89 Å². The Morgan fingerprint density at radius 2 is 2.36 bits per heavy atom. The molecule has 5 nitrogen and oxygen atoms in total. The van der Waals surface area contributed by atoms with Gasteiger partial charge in [-0.25, -0.2) is 10.1 Å². The molecule has 1 aliphatic rings. The molecule has 1 rings (SSSR count). The van der Waals surface area contributed by atoms with Crippen LogP contribution in [0.3, 0.4) is 0 Å². The minimum atomic E-state index is -1.47. The van der Waals surface area contributed by atoms with E-state index in [4.69, 9.17) is 26.7 Å². The van der Waals surface area contributed by atoms with E-state index in [0.717, 1.165) is 0 Å². The molecule has 1 aliphatic carbocycles. The number of carboxylic acid groups (broad SMARTS) is 1. The number of methoxy groups -OCH3 is 1. The van der Waals surface area contributed by atoms with Crippen LogP contribution in [-0.4, -0.2) is 29.2 Å². The van der Waals surface area contributed by atoms with Crippen LogP contribution < -0.4 is 0 Å². The van der Waals surface area contributed by atoms with Crippen molar-refractivity contribution in [2.75, 3.05) is 7.11 Å². The summed E-state index contributed by atoms with van der Waals surface area (Å²) >= 11 is 5.73. The monoisotopic (exact) mass is 220 g/mol.